The molecule has 0 aliphatic carbocycles. The van der Waals surface area contributed by atoms with Crippen LogP contribution in [-0.2, 0) is 4.65 Å². The molecule has 0 heterocycles. The minimum Gasteiger partial charge on any atom is -0.494 e. The van der Waals surface area contributed by atoms with Gasteiger partial charge in [-0.3, -0.25) is 0 Å². The third kappa shape index (κ3) is 3.47. The van der Waals surface area contributed by atoms with Crippen LogP contribution in [0, 0.1) is 11.6 Å². The molecule has 2 N–H and O–H groups in total. The van der Waals surface area contributed by atoms with Crippen molar-refractivity contribution >= 4 is 12.6 Å². The van der Waals surface area contributed by atoms with Crippen molar-refractivity contribution in [3.8, 4) is 5.75 Å². The van der Waals surface area contributed by atoms with Gasteiger partial charge in [-0.25, -0.2) is 4.39 Å². The van der Waals surface area contributed by atoms with Crippen molar-refractivity contribution in [3.63, 3.8) is 0 Å². The molecule has 1 aromatic carbocycles. The summed E-state index contributed by atoms with van der Waals surface area (Å²) in [6.07, 6.45) is 0. The largest absolute Gasteiger partial charge is 0.494 e. The zero-order chi connectivity index (χ0) is 15.7. The Labute approximate surface area is 117 Å². The number of hydrogen-bond donors (Lipinski definition) is 2. The first-order valence-corrected chi connectivity index (χ1v) is 6.11. The van der Waals surface area contributed by atoms with Gasteiger partial charge in [-0.05, 0) is 45.3 Å². The van der Waals surface area contributed by atoms with Gasteiger partial charge in [0.05, 0.1) is 18.3 Å². The van der Waals surface area contributed by atoms with Crippen molar-refractivity contribution in [3.05, 3.63) is 23.8 Å². The van der Waals surface area contributed by atoms with Crippen LogP contribution in [0.25, 0.3) is 0 Å². The molecule has 0 unspecified atom stereocenters. The Balaban J connectivity index is 3.05. The van der Waals surface area contributed by atoms with E-state index in [1.807, 2.05) is 0 Å². The molecule has 0 saturated heterocycles. The van der Waals surface area contributed by atoms with Gasteiger partial charge >= 0.3 is 7.12 Å². The number of methoxy groups -OCH3 is 1. The summed E-state index contributed by atoms with van der Waals surface area (Å²) in [5.41, 5.74) is -2.35. The molecule has 1 aromatic rings. The minimum absolute atomic E-state index is 0.00178. The van der Waals surface area contributed by atoms with Crippen molar-refractivity contribution in [2.75, 3.05) is 7.11 Å². The Bertz CT molecular complexity index is 486. The summed E-state index contributed by atoms with van der Waals surface area (Å²) in [5.74, 6) is -2.61. The van der Waals surface area contributed by atoms with Gasteiger partial charge in [0.1, 0.15) is 0 Å². The molecule has 0 fully saturated rings. The van der Waals surface area contributed by atoms with E-state index >= 15 is 0 Å². The lowest BCUT2D eigenvalue weighted by Crippen LogP contribution is -2.53. The number of aliphatic hydroxyl groups is 1. The summed E-state index contributed by atoms with van der Waals surface area (Å²) < 4.78 is 36.7. The van der Waals surface area contributed by atoms with Gasteiger partial charge in [0.15, 0.2) is 11.6 Å². The monoisotopic (exact) mass is 288 g/mol. The second-order valence-corrected chi connectivity index (χ2v) is 5.56. The summed E-state index contributed by atoms with van der Waals surface area (Å²) in [6.45, 7) is 6.19. The molecule has 0 spiro atoms. The maximum Gasteiger partial charge on any atom is 0.491 e. The van der Waals surface area contributed by atoms with E-state index in [9.17, 15) is 18.9 Å². The quantitative estimate of drug-likeness (QED) is 0.800. The second-order valence-electron chi connectivity index (χ2n) is 5.56. The lowest BCUT2D eigenvalue weighted by Gasteiger charge is -2.38. The molecule has 20 heavy (non-hydrogen) atoms. The van der Waals surface area contributed by atoms with Crippen LogP contribution in [0.2, 0.25) is 0 Å². The topological polar surface area (TPSA) is 58.9 Å². The van der Waals surface area contributed by atoms with Crippen LogP contribution in [0.15, 0.2) is 12.1 Å². The SMILES string of the molecule is COc1cc(B(O)OC(C)(C)C(C)(C)O)cc(F)c1F. The van der Waals surface area contributed by atoms with Crippen molar-refractivity contribution < 1.29 is 28.3 Å². The highest BCUT2D eigenvalue weighted by Gasteiger charge is 2.39. The van der Waals surface area contributed by atoms with Crippen LogP contribution in [0.5, 0.6) is 5.75 Å². The highest BCUT2D eigenvalue weighted by Crippen LogP contribution is 2.26. The number of hydrogen-bond acceptors (Lipinski definition) is 4. The number of ether oxygens (including phenoxy) is 1. The summed E-state index contributed by atoms with van der Waals surface area (Å²) in [7, 11) is -0.337. The van der Waals surface area contributed by atoms with Crippen molar-refractivity contribution in [2.45, 2.75) is 38.9 Å². The van der Waals surface area contributed by atoms with Gasteiger partial charge < -0.3 is 19.5 Å². The van der Waals surface area contributed by atoms with Gasteiger partial charge in [0, 0.05) is 0 Å². The van der Waals surface area contributed by atoms with Crippen LogP contribution in [-0.4, -0.2) is 35.6 Å². The van der Waals surface area contributed by atoms with Crippen molar-refractivity contribution in [1.82, 2.24) is 0 Å². The third-order valence-corrected chi connectivity index (χ3v) is 3.40. The fraction of sp³-hybridized carbons (Fsp3) is 0.538. The van der Waals surface area contributed by atoms with E-state index in [1.54, 1.807) is 13.8 Å². The lowest BCUT2D eigenvalue weighted by molar-refractivity contribution is -0.0982. The summed E-state index contributed by atoms with van der Waals surface area (Å²) in [4.78, 5) is 0. The summed E-state index contributed by atoms with van der Waals surface area (Å²) in [6, 6.07) is 1.96. The van der Waals surface area contributed by atoms with Gasteiger partial charge in [0.2, 0.25) is 5.82 Å². The Morgan fingerprint density at radius 3 is 2.15 bits per heavy atom. The number of halogens is 2. The standard InChI is InChI=1S/C13H19BF2O4/c1-12(2,17)13(3,4)20-14(18)8-6-9(15)11(16)10(7-8)19-5/h6-7,17-18H,1-5H3. The zero-order valence-corrected chi connectivity index (χ0v) is 12.2. The van der Waals surface area contributed by atoms with E-state index in [1.165, 1.54) is 21.0 Å². The highest BCUT2D eigenvalue weighted by molar-refractivity contribution is 6.60. The minimum atomic E-state index is -1.53. The van der Waals surface area contributed by atoms with E-state index in [-0.39, 0.29) is 11.2 Å². The van der Waals surface area contributed by atoms with E-state index < -0.39 is 30.0 Å². The fourth-order valence-corrected chi connectivity index (χ4v) is 1.37. The molecular formula is C13H19BF2O4. The van der Waals surface area contributed by atoms with Crippen LogP contribution < -0.4 is 10.2 Å². The highest BCUT2D eigenvalue weighted by atomic mass is 19.2. The average molecular weight is 288 g/mol. The van der Waals surface area contributed by atoms with Crippen molar-refractivity contribution in [1.29, 1.82) is 0 Å². The van der Waals surface area contributed by atoms with Crippen LogP contribution in [0.3, 0.4) is 0 Å². The number of benzene rings is 1. The van der Waals surface area contributed by atoms with Gasteiger partial charge in [-0.15, -0.1) is 0 Å². The molecule has 112 valence electrons. The first kappa shape index (κ1) is 16.9. The Hall–Kier alpha value is -1.18. The maximum absolute atomic E-state index is 13.4. The second kappa shape index (κ2) is 5.67. The van der Waals surface area contributed by atoms with E-state index in [0.29, 0.717) is 0 Å². The fourth-order valence-electron chi connectivity index (χ4n) is 1.37. The van der Waals surface area contributed by atoms with Crippen LogP contribution >= 0.6 is 0 Å². The molecule has 1 rings (SSSR count). The van der Waals surface area contributed by atoms with Crippen molar-refractivity contribution in [2.24, 2.45) is 0 Å². The molecule has 7 heteroatoms. The Morgan fingerprint density at radius 1 is 1.15 bits per heavy atom. The molecule has 0 amide bonds. The predicted octanol–water partition coefficient (Wildman–Crippen LogP) is 1.23. The van der Waals surface area contributed by atoms with E-state index in [2.05, 4.69) is 4.74 Å². The molecule has 0 aliphatic rings. The van der Waals surface area contributed by atoms with Gasteiger partial charge in [0.25, 0.3) is 0 Å². The Morgan fingerprint density at radius 2 is 1.70 bits per heavy atom. The van der Waals surface area contributed by atoms with E-state index in [4.69, 9.17) is 4.65 Å². The number of rotatable bonds is 5. The smallest absolute Gasteiger partial charge is 0.491 e. The molecule has 0 radical (unpaired) electrons. The first-order valence-electron chi connectivity index (χ1n) is 6.11. The molecular weight excluding hydrogens is 269 g/mol. The summed E-state index contributed by atoms with van der Waals surface area (Å²) >= 11 is 0. The predicted molar refractivity (Wildman–Crippen MR) is 72.0 cm³/mol. The molecule has 4 nitrogen and oxygen atoms in total. The van der Waals surface area contributed by atoms with Crippen LogP contribution in [0.4, 0.5) is 8.78 Å². The van der Waals surface area contributed by atoms with Crippen LogP contribution in [0.1, 0.15) is 27.7 Å². The first-order chi connectivity index (χ1) is 8.99. The third-order valence-electron chi connectivity index (χ3n) is 3.40. The van der Waals surface area contributed by atoms with Gasteiger partial charge in [-0.1, -0.05) is 0 Å². The molecule has 0 saturated carbocycles. The van der Waals surface area contributed by atoms with E-state index in [0.717, 1.165) is 12.1 Å². The molecule has 0 bridgehead atoms. The molecule has 0 atom stereocenters. The molecule has 0 aliphatic heterocycles. The lowest BCUT2D eigenvalue weighted by atomic mass is 9.76. The maximum atomic E-state index is 13.4. The normalized spacial score (nSPS) is 12.4. The average Bonchev–Trinajstić information content (AvgIpc) is 2.30. The zero-order valence-electron chi connectivity index (χ0n) is 12.2. The molecule has 0 aromatic heterocycles. The van der Waals surface area contributed by atoms with Gasteiger partial charge in [-0.2, -0.15) is 4.39 Å². The Kier molecular flexibility index (Phi) is 4.79. The summed E-state index contributed by atoms with van der Waals surface area (Å²) in [5, 5.41) is 19.9.